The molecule has 0 fully saturated rings. The van der Waals surface area contributed by atoms with Gasteiger partial charge in [0.05, 0.1) is 16.5 Å². The number of anilines is 1. The third-order valence-corrected chi connectivity index (χ3v) is 6.45. The highest BCUT2D eigenvalue weighted by Gasteiger charge is 2.25. The van der Waals surface area contributed by atoms with E-state index >= 15 is 0 Å². The van der Waals surface area contributed by atoms with Crippen LogP contribution >= 0.6 is 22.9 Å². The third-order valence-electron chi connectivity index (χ3n) is 3.11. The van der Waals surface area contributed by atoms with Crippen molar-refractivity contribution in [2.75, 3.05) is 10.8 Å². The first-order valence-corrected chi connectivity index (χ1v) is 9.66. The van der Waals surface area contributed by atoms with Crippen LogP contribution in [0.3, 0.4) is 0 Å². The van der Waals surface area contributed by atoms with Crippen molar-refractivity contribution in [2.24, 2.45) is 0 Å². The minimum Gasteiger partial charge on any atom is -0.266 e. The molecule has 0 aliphatic heterocycles. The number of nitrogens with zero attached hydrogens (tertiary/aromatic N) is 1. The van der Waals surface area contributed by atoms with Gasteiger partial charge in [0, 0.05) is 16.8 Å². The van der Waals surface area contributed by atoms with E-state index in [9.17, 15) is 8.42 Å². The molecular formula is C15H18ClNO2S2. The number of rotatable bonds is 7. The summed E-state index contributed by atoms with van der Waals surface area (Å²) in [5, 5.41) is 1.66. The molecule has 0 saturated carbocycles. The molecule has 0 aliphatic rings. The molecule has 0 aliphatic carbocycles. The van der Waals surface area contributed by atoms with Crippen LogP contribution in [0.4, 0.5) is 5.69 Å². The molecule has 0 bridgehead atoms. The van der Waals surface area contributed by atoms with Crippen molar-refractivity contribution in [1.29, 1.82) is 0 Å². The Morgan fingerprint density at radius 2 is 1.95 bits per heavy atom. The lowest BCUT2D eigenvalue weighted by molar-refractivity contribution is 0.589. The van der Waals surface area contributed by atoms with Crippen molar-refractivity contribution >= 4 is 38.6 Å². The van der Waals surface area contributed by atoms with Crippen molar-refractivity contribution in [3.05, 3.63) is 46.7 Å². The zero-order valence-electron chi connectivity index (χ0n) is 11.8. The van der Waals surface area contributed by atoms with Gasteiger partial charge in [-0.25, -0.2) is 8.42 Å². The lowest BCUT2D eigenvalue weighted by atomic mass is 10.3. The summed E-state index contributed by atoms with van der Waals surface area (Å²) in [6, 6.07) is 10.9. The minimum absolute atomic E-state index is 0.322. The second-order valence-corrected chi connectivity index (χ2v) is 7.77. The van der Waals surface area contributed by atoms with Crippen LogP contribution in [0.1, 0.15) is 24.6 Å². The average Bonchev–Trinajstić information content (AvgIpc) is 2.98. The highest BCUT2D eigenvalue weighted by Crippen LogP contribution is 2.27. The number of hydrogen-bond donors (Lipinski definition) is 0. The maximum atomic E-state index is 12.9. The minimum atomic E-state index is -3.53. The van der Waals surface area contributed by atoms with E-state index in [1.807, 2.05) is 37.3 Å². The van der Waals surface area contributed by atoms with Crippen molar-refractivity contribution in [1.82, 2.24) is 0 Å². The van der Waals surface area contributed by atoms with Gasteiger partial charge in [-0.2, -0.15) is 0 Å². The van der Waals surface area contributed by atoms with Gasteiger partial charge in [0.25, 0.3) is 10.0 Å². The van der Waals surface area contributed by atoms with Crippen molar-refractivity contribution in [2.45, 2.75) is 30.5 Å². The molecule has 1 heterocycles. The van der Waals surface area contributed by atoms with E-state index in [0.29, 0.717) is 23.0 Å². The Hall–Kier alpha value is -1.04. The smallest absolute Gasteiger partial charge is 0.265 e. The summed E-state index contributed by atoms with van der Waals surface area (Å²) in [5.74, 6) is 0.334. The SMILES string of the molecule is CCCCN(c1ccccc1)S(=O)(=O)c1csc(CCl)c1. The summed E-state index contributed by atoms with van der Waals surface area (Å²) in [5.41, 5.74) is 0.699. The number of sulfonamides is 1. The lowest BCUT2D eigenvalue weighted by Crippen LogP contribution is -2.31. The Labute approximate surface area is 135 Å². The van der Waals surface area contributed by atoms with Gasteiger partial charge in [0.1, 0.15) is 0 Å². The first-order chi connectivity index (χ1) is 10.1. The topological polar surface area (TPSA) is 37.4 Å². The van der Waals surface area contributed by atoms with Crippen molar-refractivity contribution in [3.8, 4) is 0 Å². The Morgan fingerprint density at radius 3 is 2.52 bits per heavy atom. The Bertz CT molecular complexity index is 668. The number of para-hydroxylation sites is 1. The van der Waals surface area contributed by atoms with Gasteiger partial charge in [0.15, 0.2) is 0 Å². The predicted octanol–water partition coefficient (Wildman–Crippen LogP) is 4.48. The van der Waals surface area contributed by atoms with Gasteiger partial charge in [0.2, 0.25) is 0 Å². The Balaban J connectivity index is 2.39. The van der Waals surface area contributed by atoms with Crippen LogP contribution in [0.5, 0.6) is 0 Å². The van der Waals surface area contributed by atoms with Gasteiger partial charge < -0.3 is 0 Å². The van der Waals surface area contributed by atoms with Gasteiger partial charge in [-0.1, -0.05) is 31.5 Å². The van der Waals surface area contributed by atoms with Crippen LogP contribution in [0.25, 0.3) is 0 Å². The molecule has 1 aromatic heterocycles. The van der Waals surface area contributed by atoms with Crippen LogP contribution in [0.2, 0.25) is 0 Å². The Kier molecular flexibility index (Phi) is 5.67. The molecule has 0 amide bonds. The summed E-state index contributed by atoms with van der Waals surface area (Å²) in [6.45, 7) is 2.53. The molecule has 0 atom stereocenters. The van der Waals surface area contributed by atoms with E-state index in [-0.39, 0.29) is 0 Å². The summed E-state index contributed by atoms with van der Waals surface area (Å²) >= 11 is 7.15. The number of thiophene rings is 1. The van der Waals surface area contributed by atoms with E-state index in [0.717, 1.165) is 17.7 Å². The summed E-state index contributed by atoms with van der Waals surface area (Å²) in [4.78, 5) is 1.18. The molecule has 2 aromatic rings. The molecule has 6 heteroatoms. The van der Waals surface area contributed by atoms with E-state index in [2.05, 4.69) is 0 Å². The molecule has 0 N–H and O–H groups in total. The fourth-order valence-corrected chi connectivity index (χ4v) is 4.86. The normalized spacial score (nSPS) is 11.5. The average molecular weight is 344 g/mol. The molecule has 0 saturated heterocycles. The fourth-order valence-electron chi connectivity index (χ4n) is 1.98. The monoisotopic (exact) mass is 343 g/mol. The number of halogens is 1. The maximum absolute atomic E-state index is 12.9. The number of alkyl halides is 1. The first kappa shape index (κ1) is 16.3. The van der Waals surface area contributed by atoms with Crippen LogP contribution in [-0.2, 0) is 15.9 Å². The van der Waals surface area contributed by atoms with Gasteiger partial charge >= 0.3 is 0 Å². The molecule has 3 nitrogen and oxygen atoms in total. The lowest BCUT2D eigenvalue weighted by Gasteiger charge is -2.23. The second-order valence-electron chi connectivity index (χ2n) is 4.65. The standard InChI is InChI=1S/C15H18ClNO2S2/c1-2-3-9-17(13-7-5-4-6-8-13)21(18,19)15-10-14(11-16)20-12-15/h4-8,10,12H,2-3,9,11H2,1H3. The van der Waals surface area contributed by atoms with Crippen molar-refractivity contribution < 1.29 is 8.42 Å². The molecule has 0 unspecified atom stereocenters. The molecule has 114 valence electrons. The van der Waals surface area contributed by atoms with Crippen LogP contribution in [0, 0.1) is 0 Å². The van der Waals surface area contributed by atoms with Gasteiger partial charge in [-0.05, 0) is 24.6 Å². The second kappa shape index (κ2) is 7.29. The molecule has 1 aromatic carbocycles. The third kappa shape index (κ3) is 3.78. The largest absolute Gasteiger partial charge is 0.266 e. The van der Waals surface area contributed by atoms with E-state index in [1.54, 1.807) is 11.4 Å². The van der Waals surface area contributed by atoms with Crippen LogP contribution in [0.15, 0.2) is 46.7 Å². The van der Waals surface area contributed by atoms with Crippen LogP contribution < -0.4 is 4.31 Å². The summed E-state index contributed by atoms with van der Waals surface area (Å²) in [6.07, 6.45) is 1.76. The molecular weight excluding hydrogens is 326 g/mol. The van der Waals surface area contributed by atoms with Crippen molar-refractivity contribution in [3.63, 3.8) is 0 Å². The van der Waals surface area contributed by atoms with E-state index in [4.69, 9.17) is 11.6 Å². The quantitative estimate of drug-likeness (QED) is 0.695. The maximum Gasteiger partial charge on any atom is 0.265 e. The highest BCUT2D eigenvalue weighted by molar-refractivity contribution is 7.93. The molecule has 0 spiro atoms. The molecule has 0 radical (unpaired) electrons. The zero-order valence-corrected chi connectivity index (χ0v) is 14.2. The van der Waals surface area contributed by atoms with Gasteiger partial charge in [-0.15, -0.1) is 22.9 Å². The number of unbranched alkanes of at least 4 members (excludes halogenated alkanes) is 1. The van der Waals surface area contributed by atoms with Crippen LogP contribution in [-0.4, -0.2) is 15.0 Å². The number of benzene rings is 1. The Morgan fingerprint density at radius 1 is 1.24 bits per heavy atom. The zero-order chi connectivity index (χ0) is 15.3. The number of hydrogen-bond acceptors (Lipinski definition) is 3. The summed E-state index contributed by atoms with van der Waals surface area (Å²) in [7, 11) is -3.53. The van der Waals surface area contributed by atoms with E-state index in [1.165, 1.54) is 15.6 Å². The van der Waals surface area contributed by atoms with E-state index < -0.39 is 10.0 Å². The molecule has 2 rings (SSSR count). The van der Waals surface area contributed by atoms with Gasteiger partial charge in [-0.3, -0.25) is 4.31 Å². The predicted molar refractivity (Wildman–Crippen MR) is 89.8 cm³/mol. The summed E-state index contributed by atoms with van der Waals surface area (Å²) < 4.78 is 27.2. The first-order valence-electron chi connectivity index (χ1n) is 6.80. The molecule has 21 heavy (non-hydrogen) atoms. The highest BCUT2D eigenvalue weighted by atomic mass is 35.5. The fraction of sp³-hybridized carbons (Fsp3) is 0.333.